The number of nitrogens with zero attached hydrogens (tertiary/aromatic N) is 2. The molecular weight excluding hydrogens is 317 g/mol. The number of nitrogens with one attached hydrogen (secondary N) is 1. The molecule has 3 rings (SSSR count). The van der Waals surface area contributed by atoms with Gasteiger partial charge in [-0.2, -0.15) is 0 Å². The van der Waals surface area contributed by atoms with E-state index in [1.807, 2.05) is 18.2 Å². The molecule has 1 amide bonds. The fourth-order valence-corrected chi connectivity index (χ4v) is 3.48. The smallest absolute Gasteiger partial charge is 0.217 e. The largest absolute Gasteiger partial charge is 0.369 e. The van der Waals surface area contributed by atoms with Gasteiger partial charge in [-0.1, -0.05) is 12.1 Å². The summed E-state index contributed by atoms with van der Waals surface area (Å²) in [5.41, 5.74) is 3.27. The molecule has 25 heavy (non-hydrogen) atoms. The second-order valence-electron chi connectivity index (χ2n) is 6.83. The summed E-state index contributed by atoms with van der Waals surface area (Å²) < 4.78 is 13.9. The van der Waals surface area contributed by atoms with Gasteiger partial charge >= 0.3 is 0 Å². The highest BCUT2D eigenvalue weighted by molar-refractivity contribution is 5.73. The number of piperidine rings is 1. The zero-order valence-corrected chi connectivity index (χ0v) is 14.9. The molecule has 0 spiro atoms. The Bertz CT molecular complexity index is 777. The molecule has 1 aliphatic heterocycles. The van der Waals surface area contributed by atoms with Crippen LogP contribution in [0.1, 0.15) is 32.3 Å². The van der Waals surface area contributed by atoms with Crippen LogP contribution >= 0.6 is 0 Å². The lowest BCUT2D eigenvalue weighted by Crippen LogP contribution is -2.48. The predicted molar refractivity (Wildman–Crippen MR) is 98.0 cm³/mol. The van der Waals surface area contributed by atoms with Crippen LogP contribution in [0, 0.1) is 12.7 Å². The number of anilines is 1. The fourth-order valence-electron chi connectivity index (χ4n) is 3.48. The van der Waals surface area contributed by atoms with E-state index in [0.717, 1.165) is 36.3 Å². The monoisotopic (exact) mass is 341 g/mol. The number of benzene rings is 1. The average Bonchev–Trinajstić information content (AvgIpc) is 2.57. The Morgan fingerprint density at radius 2 is 2.12 bits per heavy atom. The molecule has 1 N–H and O–H groups in total. The Morgan fingerprint density at radius 3 is 2.80 bits per heavy atom. The lowest BCUT2D eigenvalue weighted by atomic mass is 9.97. The zero-order chi connectivity index (χ0) is 18.0. The molecule has 2 aromatic rings. The normalized spacial score (nSPS) is 20.4. The van der Waals surface area contributed by atoms with E-state index in [1.54, 1.807) is 26.1 Å². The molecule has 2 atom stereocenters. The van der Waals surface area contributed by atoms with E-state index >= 15 is 0 Å². The first-order chi connectivity index (χ1) is 11.9. The van der Waals surface area contributed by atoms with E-state index in [4.69, 9.17) is 0 Å². The molecule has 1 fully saturated rings. The number of rotatable bonds is 3. The van der Waals surface area contributed by atoms with Crippen molar-refractivity contribution in [3.05, 3.63) is 47.9 Å². The van der Waals surface area contributed by atoms with E-state index < -0.39 is 0 Å². The Morgan fingerprint density at radius 1 is 1.32 bits per heavy atom. The molecule has 1 saturated heterocycles. The number of aromatic nitrogens is 1. The van der Waals surface area contributed by atoms with Gasteiger partial charge in [0.05, 0.1) is 5.69 Å². The summed E-state index contributed by atoms with van der Waals surface area (Å²) in [5.74, 6) is -0.188. The van der Waals surface area contributed by atoms with Gasteiger partial charge in [-0.05, 0) is 50.5 Å². The molecule has 2 unspecified atom stereocenters. The van der Waals surface area contributed by atoms with Crippen LogP contribution in [0.5, 0.6) is 0 Å². The zero-order valence-electron chi connectivity index (χ0n) is 14.9. The molecule has 0 bridgehead atoms. The van der Waals surface area contributed by atoms with Crippen LogP contribution in [-0.4, -0.2) is 29.5 Å². The van der Waals surface area contributed by atoms with Gasteiger partial charge in [-0.3, -0.25) is 9.78 Å². The first-order valence-corrected chi connectivity index (χ1v) is 8.70. The number of carbonyl (C=O) groups excluding carboxylic acids is 1. The van der Waals surface area contributed by atoms with Crippen LogP contribution < -0.4 is 10.2 Å². The maximum absolute atomic E-state index is 13.9. The number of halogens is 1. The Hall–Kier alpha value is -2.43. The van der Waals surface area contributed by atoms with Crippen molar-refractivity contribution in [2.24, 2.45) is 0 Å². The second-order valence-corrected chi connectivity index (χ2v) is 6.83. The highest BCUT2D eigenvalue weighted by atomic mass is 19.1. The first-order valence-electron chi connectivity index (χ1n) is 8.70. The van der Waals surface area contributed by atoms with Crippen LogP contribution in [0.25, 0.3) is 11.3 Å². The Labute approximate surface area is 148 Å². The van der Waals surface area contributed by atoms with Crippen LogP contribution in [0.4, 0.5) is 10.1 Å². The third-order valence-electron chi connectivity index (χ3n) is 4.83. The summed E-state index contributed by atoms with van der Waals surface area (Å²) in [5, 5.41) is 3.01. The van der Waals surface area contributed by atoms with Gasteiger partial charge in [0, 0.05) is 43.0 Å². The van der Waals surface area contributed by atoms with Crippen molar-refractivity contribution >= 4 is 11.6 Å². The van der Waals surface area contributed by atoms with Gasteiger partial charge in [-0.25, -0.2) is 4.39 Å². The molecule has 0 aliphatic carbocycles. The molecule has 1 aliphatic rings. The summed E-state index contributed by atoms with van der Waals surface area (Å²) in [6, 6.07) is 9.76. The first kappa shape index (κ1) is 17.4. The molecule has 1 aromatic carbocycles. The number of pyridine rings is 1. The van der Waals surface area contributed by atoms with E-state index in [9.17, 15) is 9.18 Å². The minimum absolute atomic E-state index is 0.0262. The summed E-state index contributed by atoms with van der Waals surface area (Å²) in [6.45, 7) is 6.36. The number of aryl methyl sites for hydroxylation is 1. The molecule has 5 heteroatoms. The summed E-state index contributed by atoms with van der Waals surface area (Å²) >= 11 is 0. The van der Waals surface area contributed by atoms with Crippen LogP contribution in [0.15, 0.2) is 36.5 Å². The minimum Gasteiger partial charge on any atom is -0.369 e. The molecule has 0 saturated carbocycles. The molecule has 132 valence electrons. The third-order valence-corrected chi connectivity index (χ3v) is 4.83. The van der Waals surface area contributed by atoms with Gasteiger partial charge in [0.2, 0.25) is 5.91 Å². The van der Waals surface area contributed by atoms with E-state index in [-0.39, 0.29) is 17.8 Å². The van der Waals surface area contributed by atoms with Crippen molar-refractivity contribution in [2.75, 3.05) is 11.4 Å². The average molecular weight is 341 g/mol. The standard InChI is InChI=1S/C20H24FN3O/c1-13-4-5-16(11-19(13)21)20-12-18(6-8-22-20)24-9-7-17(10-14(24)2)23-15(3)25/h4-6,8,11-12,14,17H,7,9-10H2,1-3H3,(H,23,25). The number of hydrogen-bond donors (Lipinski definition) is 1. The second kappa shape index (κ2) is 7.21. The Kier molecular flexibility index (Phi) is 5.02. The number of amides is 1. The van der Waals surface area contributed by atoms with Gasteiger partial charge < -0.3 is 10.2 Å². The quantitative estimate of drug-likeness (QED) is 0.926. The minimum atomic E-state index is -0.214. The van der Waals surface area contributed by atoms with Crippen molar-refractivity contribution in [3.8, 4) is 11.3 Å². The molecular formula is C20H24FN3O. The van der Waals surface area contributed by atoms with Crippen LogP contribution in [0.3, 0.4) is 0 Å². The number of carbonyl (C=O) groups is 1. The topological polar surface area (TPSA) is 45.2 Å². The highest BCUT2D eigenvalue weighted by Gasteiger charge is 2.26. The Balaban J connectivity index is 1.80. The third kappa shape index (κ3) is 3.98. The fraction of sp³-hybridized carbons (Fsp3) is 0.400. The summed E-state index contributed by atoms with van der Waals surface area (Å²) in [4.78, 5) is 18.0. The lowest BCUT2D eigenvalue weighted by molar-refractivity contribution is -0.119. The lowest BCUT2D eigenvalue weighted by Gasteiger charge is -2.39. The van der Waals surface area contributed by atoms with Crippen LogP contribution in [0.2, 0.25) is 0 Å². The van der Waals surface area contributed by atoms with Crippen molar-refractivity contribution < 1.29 is 9.18 Å². The van der Waals surface area contributed by atoms with Gasteiger partial charge in [0.25, 0.3) is 0 Å². The SMILES string of the molecule is CC(=O)NC1CCN(c2ccnc(-c3ccc(C)c(F)c3)c2)C(C)C1. The van der Waals surface area contributed by atoms with Crippen molar-refractivity contribution in [3.63, 3.8) is 0 Å². The van der Waals surface area contributed by atoms with E-state index in [0.29, 0.717) is 11.6 Å². The maximum atomic E-state index is 13.9. The van der Waals surface area contributed by atoms with Gasteiger partial charge in [0.15, 0.2) is 0 Å². The van der Waals surface area contributed by atoms with E-state index in [1.165, 1.54) is 6.07 Å². The van der Waals surface area contributed by atoms with Gasteiger partial charge in [-0.15, -0.1) is 0 Å². The molecule has 4 nitrogen and oxygen atoms in total. The van der Waals surface area contributed by atoms with Crippen molar-refractivity contribution in [2.45, 2.75) is 45.7 Å². The molecule has 0 radical (unpaired) electrons. The van der Waals surface area contributed by atoms with Gasteiger partial charge in [0.1, 0.15) is 5.82 Å². The predicted octanol–water partition coefficient (Wildman–Crippen LogP) is 3.69. The highest BCUT2D eigenvalue weighted by Crippen LogP contribution is 2.28. The summed E-state index contributed by atoms with van der Waals surface area (Å²) in [7, 11) is 0. The molecule has 1 aromatic heterocycles. The van der Waals surface area contributed by atoms with E-state index in [2.05, 4.69) is 22.1 Å². The maximum Gasteiger partial charge on any atom is 0.217 e. The summed E-state index contributed by atoms with van der Waals surface area (Å²) in [6.07, 6.45) is 3.60. The number of hydrogen-bond acceptors (Lipinski definition) is 3. The van der Waals surface area contributed by atoms with Crippen molar-refractivity contribution in [1.82, 2.24) is 10.3 Å². The van der Waals surface area contributed by atoms with Crippen LogP contribution in [-0.2, 0) is 4.79 Å². The van der Waals surface area contributed by atoms with Crippen molar-refractivity contribution in [1.29, 1.82) is 0 Å². The molecule has 2 heterocycles.